The normalized spacial score (nSPS) is 17.9. The maximum Gasteiger partial charge on any atom is 0.261 e. The van der Waals surface area contributed by atoms with Gasteiger partial charge in [-0.05, 0) is 36.8 Å². The van der Waals surface area contributed by atoms with Crippen molar-refractivity contribution in [2.24, 2.45) is 0 Å². The number of thiophene rings is 2. The van der Waals surface area contributed by atoms with Crippen molar-refractivity contribution >= 4 is 53.9 Å². The highest BCUT2D eigenvalue weighted by atomic mass is 79.9. The number of hydrogen-bond acceptors (Lipinski definition) is 3. The lowest BCUT2D eigenvalue weighted by molar-refractivity contribution is 0.0861. The van der Waals surface area contributed by atoms with E-state index in [1.165, 1.54) is 15.8 Å². The van der Waals surface area contributed by atoms with Crippen LogP contribution in [0.2, 0.25) is 0 Å². The van der Waals surface area contributed by atoms with E-state index in [2.05, 4.69) is 32.7 Å². The molecule has 2 nitrogen and oxygen atoms in total. The monoisotopic (exact) mass is 329 g/mol. The first-order chi connectivity index (χ1) is 8.22. The number of rotatable bonds is 3. The van der Waals surface area contributed by atoms with Crippen LogP contribution in [0.3, 0.4) is 0 Å². The van der Waals surface area contributed by atoms with Crippen LogP contribution in [0.5, 0.6) is 0 Å². The fourth-order valence-corrected chi connectivity index (χ4v) is 4.78. The lowest BCUT2D eigenvalue weighted by atomic mass is 9.78. The predicted octanol–water partition coefficient (Wildman–Crippen LogP) is 4.01. The average Bonchev–Trinajstić information content (AvgIpc) is 2.82. The summed E-state index contributed by atoms with van der Waals surface area (Å²) in [5.41, 5.74) is 0.00843. The third kappa shape index (κ3) is 2.04. The minimum absolute atomic E-state index is 0.00843. The number of halogens is 1. The van der Waals surface area contributed by atoms with Crippen LogP contribution < -0.4 is 5.32 Å². The van der Waals surface area contributed by atoms with Crippen molar-refractivity contribution in [3.8, 4) is 0 Å². The van der Waals surface area contributed by atoms with Crippen molar-refractivity contribution in [2.75, 3.05) is 5.33 Å². The Morgan fingerprint density at radius 3 is 2.88 bits per heavy atom. The van der Waals surface area contributed by atoms with Gasteiger partial charge in [-0.15, -0.1) is 22.7 Å². The lowest BCUT2D eigenvalue weighted by Crippen LogP contribution is -2.54. The summed E-state index contributed by atoms with van der Waals surface area (Å²) in [6, 6.07) is 4.08. The van der Waals surface area contributed by atoms with E-state index in [1.54, 1.807) is 22.7 Å². The Morgan fingerprint density at radius 1 is 1.47 bits per heavy atom. The zero-order chi connectivity index (χ0) is 11.9. The number of fused-ring (bicyclic) bond motifs is 1. The second kappa shape index (κ2) is 4.37. The Kier molecular flexibility index (Phi) is 3.00. The SMILES string of the molecule is O=C(NC1(CBr)CCC1)c1cc2sccc2s1. The molecular weight excluding hydrogens is 318 g/mol. The molecule has 0 saturated heterocycles. The highest BCUT2D eigenvalue weighted by molar-refractivity contribution is 9.09. The predicted molar refractivity (Wildman–Crippen MR) is 77.5 cm³/mol. The van der Waals surface area contributed by atoms with Crippen LogP contribution in [0.15, 0.2) is 17.5 Å². The summed E-state index contributed by atoms with van der Waals surface area (Å²) in [6.07, 6.45) is 3.39. The minimum Gasteiger partial charge on any atom is -0.345 e. The van der Waals surface area contributed by atoms with E-state index in [1.807, 2.05) is 6.07 Å². The molecule has 1 aliphatic rings. The van der Waals surface area contributed by atoms with Crippen LogP contribution >= 0.6 is 38.6 Å². The molecule has 2 aromatic rings. The van der Waals surface area contributed by atoms with Gasteiger partial charge in [-0.1, -0.05) is 15.9 Å². The van der Waals surface area contributed by atoms with Gasteiger partial charge in [0, 0.05) is 14.7 Å². The lowest BCUT2D eigenvalue weighted by Gasteiger charge is -2.41. The van der Waals surface area contributed by atoms with Crippen LogP contribution in [0, 0.1) is 0 Å². The van der Waals surface area contributed by atoms with Crippen LogP contribution in [0.4, 0.5) is 0 Å². The van der Waals surface area contributed by atoms with Crippen LogP contribution in [0.1, 0.15) is 28.9 Å². The van der Waals surface area contributed by atoms with E-state index in [9.17, 15) is 4.79 Å². The zero-order valence-electron chi connectivity index (χ0n) is 9.16. The second-order valence-corrected chi connectivity index (χ2v) is 7.07. The molecule has 1 N–H and O–H groups in total. The molecule has 2 aromatic heterocycles. The molecular formula is C12H12BrNOS2. The van der Waals surface area contributed by atoms with Gasteiger partial charge in [-0.2, -0.15) is 0 Å². The van der Waals surface area contributed by atoms with Crippen molar-refractivity contribution in [2.45, 2.75) is 24.8 Å². The van der Waals surface area contributed by atoms with Gasteiger partial charge < -0.3 is 5.32 Å². The molecule has 0 bridgehead atoms. The number of carbonyl (C=O) groups is 1. The first-order valence-electron chi connectivity index (χ1n) is 5.58. The van der Waals surface area contributed by atoms with E-state index >= 15 is 0 Å². The van der Waals surface area contributed by atoms with E-state index < -0.39 is 0 Å². The summed E-state index contributed by atoms with van der Waals surface area (Å²) in [6.45, 7) is 0. The molecule has 1 saturated carbocycles. The molecule has 0 unspecified atom stereocenters. The van der Waals surface area contributed by atoms with Crippen molar-refractivity contribution in [3.63, 3.8) is 0 Å². The summed E-state index contributed by atoms with van der Waals surface area (Å²) in [5, 5.41) is 6.09. The topological polar surface area (TPSA) is 29.1 Å². The Bertz CT molecular complexity index is 522. The molecule has 5 heteroatoms. The maximum atomic E-state index is 12.2. The molecule has 0 radical (unpaired) electrons. The Labute approximate surface area is 116 Å². The van der Waals surface area contributed by atoms with Crippen molar-refractivity contribution in [1.82, 2.24) is 5.32 Å². The number of nitrogens with one attached hydrogen (secondary N) is 1. The molecule has 0 aromatic carbocycles. The summed E-state index contributed by atoms with van der Waals surface area (Å²) in [7, 11) is 0. The highest BCUT2D eigenvalue weighted by Crippen LogP contribution is 2.35. The maximum absolute atomic E-state index is 12.2. The summed E-state index contributed by atoms with van der Waals surface area (Å²) in [5.74, 6) is 0.0811. The zero-order valence-corrected chi connectivity index (χ0v) is 12.4. The number of amides is 1. The third-order valence-corrected chi connectivity index (χ3v) is 6.47. The molecule has 1 amide bonds. The number of carbonyl (C=O) groups excluding carboxylic acids is 1. The Morgan fingerprint density at radius 2 is 2.29 bits per heavy atom. The van der Waals surface area contributed by atoms with Gasteiger partial charge in [0.1, 0.15) is 0 Å². The highest BCUT2D eigenvalue weighted by Gasteiger charge is 2.37. The van der Waals surface area contributed by atoms with Gasteiger partial charge in [-0.3, -0.25) is 4.79 Å². The number of alkyl halides is 1. The van der Waals surface area contributed by atoms with Gasteiger partial charge in [-0.25, -0.2) is 0 Å². The minimum atomic E-state index is 0.00843. The van der Waals surface area contributed by atoms with E-state index in [0.717, 1.165) is 23.0 Å². The van der Waals surface area contributed by atoms with E-state index in [-0.39, 0.29) is 11.4 Å². The third-order valence-electron chi connectivity index (χ3n) is 3.31. The van der Waals surface area contributed by atoms with E-state index in [4.69, 9.17) is 0 Å². The second-order valence-electron chi connectivity index (χ2n) is 4.48. The Hall–Kier alpha value is -0.390. The molecule has 1 fully saturated rings. The van der Waals surface area contributed by atoms with Crippen LogP contribution in [-0.2, 0) is 0 Å². The van der Waals surface area contributed by atoms with Gasteiger partial charge in [0.15, 0.2) is 0 Å². The largest absolute Gasteiger partial charge is 0.345 e. The average molecular weight is 330 g/mol. The van der Waals surface area contributed by atoms with Gasteiger partial charge >= 0.3 is 0 Å². The molecule has 90 valence electrons. The molecule has 17 heavy (non-hydrogen) atoms. The summed E-state index contributed by atoms with van der Waals surface area (Å²) < 4.78 is 2.42. The standard InChI is InChI=1S/C12H12BrNOS2/c13-7-12(3-1-4-12)14-11(15)10-6-9-8(17-10)2-5-16-9/h2,5-6H,1,3-4,7H2,(H,14,15). The number of hydrogen-bond donors (Lipinski definition) is 1. The van der Waals surface area contributed by atoms with Gasteiger partial charge in [0.05, 0.1) is 10.4 Å². The van der Waals surface area contributed by atoms with Crippen LogP contribution in [-0.4, -0.2) is 16.8 Å². The van der Waals surface area contributed by atoms with E-state index in [0.29, 0.717) is 0 Å². The molecule has 0 atom stereocenters. The van der Waals surface area contributed by atoms with Gasteiger partial charge in [0.2, 0.25) is 0 Å². The Balaban J connectivity index is 1.80. The summed E-state index contributed by atoms with van der Waals surface area (Å²) >= 11 is 6.77. The van der Waals surface area contributed by atoms with Crippen molar-refractivity contribution < 1.29 is 4.79 Å². The molecule has 3 rings (SSSR count). The fourth-order valence-electron chi connectivity index (χ4n) is 2.08. The fraction of sp³-hybridized carbons (Fsp3) is 0.417. The first kappa shape index (κ1) is 11.7. The smallest absolute Gasteiger partial charge is 0.261 e. The molecule has 1 aliphatic carbocycles. The first-order valence-corrected chi connectivity index (χ1v) is 8.40. The van der Waals surface area contributed by atoms with Crippen molar-refractivity contribution in [1.29, 1.82) is 0 Å². The molecule has 0 spiro atoms. The molecule has 2 heterocycles. The van der Waals surface area contributed by atoms with Gasteiger partial charge in [0.25, 0.3) is 5.91 Å². The summed E-state index contributed by atoms with van der Waals surface area (Å²) in [4.78, 5) is 13.0. The molecule has 0 aliphatic heterocycles. The van der Waals surface area contributed by atoms with Crippen molar-refractivity contribution in [3.05, 3.63) is 22.4 Å². The quantitative estimate of drug-likeness (QED) is 0.847. The van der Waals surface area contributed by atoms with Crippen LogP contribution in [0.25, 0.3) is 9.40 Å².